The fourth-order valence-electron chi connectivity index (χ4n) is 2.54. The van der Waals surface area contributed by atoms with E-state index in [1.807, 2.05) is 18.2 Å². The maximum absolute atomic E-state index is 12.0. The minimum absolute atomic E-state index is 0.102. The number of amides is 1. The summed E-state index contributed by atoms with van der Waals surface area (Å²) in [5.74, 6) is 0.265. The quantitative estimate of drug-likeness (QED) is 0.939. The summed E-state index contributed by atoms with van der Waals surface area (Å²) in [6.07, 6.45) is 5.09. The molecule has 1 saturated carbocycles. The van der Waals surface area contributed by atoms with Gasteiger partial charge in [-0.2, -0.15) is 0 Å². The minimum Gasteiger partial charge on any atom is -0.300 e. The molecule has 3 rings (SSSR count). The van der Waals surface area contributed by atoms with Gasteiger partial charge in [0.1, 0.15) is 5.01 Å². The number of nitrogens with one attached hydrogen (secondary N) is 1. The largest absolute Gasteiger partial charge is 0.300 e. The Hall–Kier alpha value is -1.75. The molecule has 104 valence electrons. The highest BCUT2D eigenvalue weighted by Gasteiger charge is 2.23. The van der Waals surface area contributed by atoms with Crippen LogP contribution < -0.4 is 5.32 Å². The standard InChI is InChI=1S/C15H17N3OS/c19-14(12-8-4-5-9-12)16-15-18-17-13(20-15)10-11-6-2-1-3-7-11/h1-3,6-7,12H,4-5,8-10H2,(H,16,18,19). The van der Waals surface area contributed by atoms with E-state index in [1.54, 1.807) is 0 Å². The lowest BCUT2D eigenvalue weighted by molar-refractivity contribution is -0.119. The Balaban J connectivity index is 1.60. The molecule has 2 aromatic rings. The highest BCUT2D eigenvalue weighted by atomic mass is 32.1. The van der Waals surface area contributed by atoms with Crippen molar-refractivity contribution in [3.63, 3.8) is 0 Å². The zero-order valence-electron chi connectivity index (χ0n) is 11.2. The molecule has 1 aromatic heterocycles. The molecule has 20 heavy (non-hydrogen) atoms. The van der Waals surface area contributed by atoms with E-state index in [0.29, 0.717) is 5.13 Å². The van der Waals surface area contributed by atoms with Crippen LogP contribution in [0.2, 0.25) is 0 Å². The SMILES string of the molecule is O=C(Nc1nnc(Cc2ccccc2)s1)C1CCCC1. The molecular formula is C15H17N3OS. The van der Waals surface area contributed by atoms with E-state index < -0.39 is 0 Å². The van der Waals surface area contributed by atoms with Crippen molar-refractivity contribution in [3.8, 4) is 0 Å². The molecule has 0 unspecified atom stereocenters. The molecule has 5 heteroatoms. The first-order valence-corrected chi connectivity index (χ1v) is 7.80. The van der Waals surface area contributed by atoms with E-state index in [2.05, 4.69) is 27.6 Å². The van der Waals surface area contributed by atoms with Gasteiger partial charge in [-0.25, -0.2) is 0 Å². The van der Waals surface area contributed by atoms with Crippen LogP contribution in [0, 0.1) is 5.92 Å². The van der Waals surface area contributed by atoms with E-state index in [1.165, 1.54) is 16.9 Å². The molecule has 1 heterocycles. The lowest BCUT2D eigenvalue weighted by Crippen LogP contribution is -2.20. The number of hydrogen-bond donors (Lipinski definition) is 1. The number of hydrogen-bond acceptors (Lipinski definition) is 4. The fraction of sp³-hybridized carbons (Fsp3) is 0.400. The summed E-state index contributed by atoms with van der Waals surface area (Å²) in [6, 6.07) is 10.2. The second-order valence-corrected chi connectivity index (χ2v) is 6.20. The van der Waals surface area contributed by atoms with Crippen LogP contribution in [0.25, 0.3) is 0 Å². The highest BCUT2D eigenvalue weighted by molar-refractivity contribution is 7.15. The highest BCUT2D eigenvalue weighted by Crippen LogP contribution is 2.27. The predicted octanol–water partition coefficient (Wildman–Crippen LogP) is 3.26. The maximum Gasteiger partial charge on any atom is 0.229 e. The van der Waals surface area contributed by atoms with Crippen LogP contribution in [-0.2, 0) is 11.2 Å². The van der Waals surface area contributed by atoms with Crippen LogP contribution in [0.3, 0.4) is 0 Å². The second kappa shape index (κ2) is 6.13. The summed E-state index contributed by atoms with van der Waals surface area (Å²) in [5.41, 5.74) is 1.21. The Morgan fingerprint density at radius 2 is 1.95 bits per heavy atom. The van der Waals surface area contributed by atoms with E-state index in [0.717, 1.165) is 37.1 Å². The van der Waals surface area contributed by atoms with Crippen LogP contribution in [0.15, 0.2) is 30.3 Å². The van der Waals surface area contributed by atoms with Gasteiger partial charge in [-0.05, 0) is 18.4 Å². The molecule has 1 aliphatic carbocycles. The second-order valence-electron chi connectivity index (χ2n) is 5.13. The number of nitrogens with zero attached hydrogens (tertiary/aromatic N) is 2. The van der Waals surface area contributed by atoms with Crippen molar-refractivity contribution in [2.24, 2.45) is 5.92 Å². The third kappa shape index (κ3) is 3.22. The summed E-state index contributed by atoms with van der Waals surface area (Å²) >= 11 is 1.46. The predicted molar refractivity (Wildman–Crippen MR) is 79.7 cm³/mol. The van der Waals surface area contributed by atoms with Crippen molar-refractivity contribution < 1.29 is 4.79 Å². The van der Waals surface area contributed by atoms with Gasteiger partial charge in [-0.15, -0.1) is 10.2 Å². The van der Waals surface area contributed by atoms with Crippen LogP contribution in [-0.4, -0.2) is 16.1 Å². The van der Waals surface area contributed by atoms with Gasteiger partial charge in [0, 0.05) is 12.3 Å². The maximum atomic E-state index is 12.0. The first-order chi connectivity index (χ1) is 9.81. The topological polar surface area (TPSA) is 54.9 Å². The van der Waals surface area contributed by atoms with Gasteiger partial charge in [0.15, 0.2) is 0 Å². The van der Waals surface area contributed by atoms with E-state index >= 15 is 0 Å². The molecule has 4 nitrogen and oxygen atoms in total. The summed E-state index contributed by atoms with van der Waals surface area (Å²) in [7, 11) is 0. The molecule has 1 aromatic carbocycles. The average Bonchev–Trinajstić information content (AvgIpc) is 3.11. The fourth-order valence-corrected chi connectivity index (χ4v) is 3.32. The molecule has 1 aliphatic rings. The Kier molecular flexibility index (Phi) is 4.06. The van der Waals surface area contributed by atoms with Gasteiger partial charge in [0.2, 0.25) is 11.0 Å². The van der Waals surface area contributed by atoms with Crippen LogP contribution in [0.4, 0.5) is 5.13 Å². The van der Waals surface area contributed by atoms with Gasteiger partial charge < -0.3 is 5.32 Å². The van der Waals surface area contributed by atoms with Gasteiger partial charge in [0.25, 0.3) is 0 Å². The normalized spacial score (nSPS) is 15.4. The molecule has 1 amide bonds. The van der Waals surface area contributed by atoms with Crippen LogP contribution in [0.5, 0.6) is 0 Å². The zero-order valence-corrected chi connectivity index (χ0v) is 12.0. The molecular weight excluding hydrogens is 270 g/mol. The van der Waals surface area contributed by atoms with Crippen molar-refractivity contribution >= 4 is 22.4 Å². The van der Waals surface area contributed by atoms with Crippen LogP contribution >= 0.6 is 11.3 Å². The molecule has 0 bridgehead atoms. The van der Waals surface area contributed by atoms with E-state index in [9.17, 15) is 4.79 Å². The smallest absolute Gasteiger partial charge is 0.229 e. The van der Waals surface area contributed by atoms with Crippen LogP contribution in [0.1, 0.15) is 36.3 Å². The van der Waals surface area contributed by atoms with Crippen molar-refractivity contribution in [2.75, 3.05) is 5.32 Å². The molecule has 0 aliphatic heterocycles. The molecule has 0 spiro atoms. The average molecular weight is 287 g/mol. The summed E-state index contributed by atoms with van der Waals surface area (Å²) in [5, 5.41) is 12.6. The van der Waals surface area contributed by atoms with E-state index in [4.69, 9.17) is 0 Å². The lowest BCUT2D eigenvalue weighted by atomic mass is 10.1. The first-order valence-electron chi connectivity index (χ1n) is 6.98. The third-order valence-electron chi connectivity index (χ3n) is 3.62. The molecule has 1 N–H and O–H groups in total. The van der Waals surface area contributed by atoms with Crippen molar-refractivity contribution in [2.45, 2.75) is 32.1 Å². The van der Waals surface area contributed by atoms with Gasteiger partial charge in [-0.1, -0.05) is 54.5 Å². The number of anilines is 1. The number of rotatable bonds is 4. The first kappa shape index (κ1) is 13.2. The number of carbonyl (C=O) groups is 1. The van der Waals surface area contributed by atoms with E-state index in [-0.39, 0.29) is 11.8 Å². The lowest BCUT2D eigenvalue weighted by Gasteiger charge is -2.06. The van der Waals surface area contributed by atoms with Crippen molar-refractivity contribution in [3.05, 3.63) is 40.9 Å². The Bertz CT molecular complexity index is 576. The summed E-state index contributed by atoms with van der Waals surface area (Å²) in [6.45, 7) is 0. The molecule has 0 atom stereocenters. The Morgan fingerprint density at radius 1 is 1.20 bits per heavy atom. The third-order valence-corrected chi connectivity index (χ3v) is 4.46. The summed E-state index contributed by atoms with van der Waals surface area (Å²) < 4.78 is 0. The zero-order chi connectivity index (χ0) is 13.8. The number of carbonyl (C=O) groups excluding carboxylic acids is 1. The van der Waals surface area contributed by atoms with Crippen molar-refractivity contribution in [1.29, 1.82) is 0 Å². The summed E-state index contributed by atoms with van der Waals surface area (Å²) in [4.78, 5) is 12.0. The molecule has 0 saturated heterocycles. The number of aromatic nitrogens is 2. The Morgan fingerprint density at radius 3 is 2.70 bits per heavy atom. The monoisotopic (exact) mass is 287 g/mol. The van der Waals surface area contributed by atoms with Gasteiger partial charge in [-0.3, -0.25) is 4.79 Å². The molecule has 0 radical (unpaired) electrons. The molecule has 1 fully saturated rings. The Labute approximate surface area is 122 Å². The number of benzene rings is 1. The van der Waals surface area contributed by atoms with Gasteiger partial charge in [0.05, 0.1) is 0 Å². The van der Waals surface area contributed by atoms with Gasteiger partial charge >= 0.3 is 0 Å². The van der Waals surface area contributed by atoms with Crippen molar-refractivity contribution in [1.82, 2.24) is 10.2 Å². The minimum atomic E-state index is 0.102.